The second-order valence-electron chi connectivity index (χ2n) is 8.28. The van der Waals surface area contributed by atoms with Crippen LogP contribution in [0.2, 0.25) is 0 Å². The van der Waals surface area contributed by atoms with Crippen LogP contribution in [0.25, 0.3) is 0 Å². The fourth-order valence-corrected chi connectivity index (χ4v) is 5.00. The topological polar surface area (TPSA) is 47.2 Å². The van der Waals surface area contributed by atoms with Gasteiger partial charge < -0.3 is 14.0 Å². The molecule has 3 aromatic rings. The lowest BCUT2D eigenvalue weighted by Gasteiger charge is -2.43. The first-order valence-electron chi connectivity index (χ1n) is 10.3. The van der Waals surface area contributed by atoms with Crippen molar-refractivity contribution in [1.29, 1.82) is 0 Å². The zero-order chi connectivity index (χ0) is 19.8. The van der Waals surface area contributed by atoms with E-state index < -0.39 is 0 Å². The molecule has 2 aliphatic rings. The standard InChI is InChI=1S/C24H25N3O2/c28-23-10-6-9-21-20-13-19(16-27(21)23)15-26(17-20)24(29)22(25-11-4-5-12-25)14-18-7-2-1-3-8-18/h1-12,19-20,22H,13-17H2. The van der Waals surface area contributed by atoms with Gasteiger partial charge in [0.2, 0.25) is 5.91 Å². The van der Waals surface area contributed by atoms with Crippen LogP contribution in [-0.2, 0) is 17.8 Å². The molecule has 29 heavy (non-hydrogen) atoms. The molecule has 1 saturated heterocycles. The van der Waals surface area contributed by atoms with Crippen molar-refractivity contribution < 1.29 is 4.79 Å². The number of amides is 1. The van der Waals surface area contributed by atoms with Crippen LogP contribution < -0.4 is 5.56 Å². The molecule has 1 amide bonds. The number of likely N-dealkylation sites (tertiary alicyclic amines) is 1. The molecule has 0 N–H and O–H groups in total. The molecule has 5 nitrogen and oxygen atoms in total. The predicted molar refractivity (Wildman–Crippen MR) is 112 cm³/mol. The maximum absolute atomic E-state index is 13.6. The third-order valence-corrected chi connectivity index (χ3v) is 6.34. The summed E-state index contributed by atoms with van der Waals surface area (Å²) < 4.78 is 3.94. The first kappa shape index (κ1) is 18.0. The summed E-state index contributed by atoms with van der Waals surface area (Å²) in [4.78, 5) is 27.9. The minimum atomic E-state index is -0.246. The second-order valence-corrected chi connectivity index (χ2v) is 8.28. The molecule has 5 rings (SSSR count). The van der Waals surface area contributed by atoms with Crippen molar-refractivity contribution in [2.24, 2.45) is 5.92 Å². The van der Waals surface area contributed by atoms with Crippen LogP contribution in [0, 0.1) is 5.92 Å². The summed E-state index contributed by atoms with van der Waals surface area (Å²) in [5.74, 6) is 0.751. The van der Waals surface area contributed by atoms with E-state index in [1.54, 1.807) is 6.07 Å². The van der Waals surface area contributed by atoms with Crippen molar-refractivity contribution >= 4 is 5.91 Å². The number of benzene rings is 1. The van der Waals surface area contributed by atoms with E-state index in [0.717, 1.165) is 24.2 Å². The molecule has 2 aromatic heterocycles. The Morgan fingerprint density at radius 3 is 2.52 bits per heavy atom. The number of hydrogen-bond acceptors (Lipinski definition) is 2. The predicted octanol–water partition coefficient (Wildman–Crippen LogP) is 3.08. The lowest BCUT2D eigenvalue weighted by atomic mass is 9.83. The summed E-state index contributed by atoms with van der Waals surface area (Å²) in [5.41, 5.74) is 2.31. The molecule has 2 aliphatic heterocycles. The monoisotopic (exact) mass is 387 g/mol. The van der Waals surface area contributed by atoms with Crippen molar-refractivity contribution in [1.82, 2.24) is 14.0 Å². The van der Waals surface area contributed by atoms with Gasteiger partial charge in [0.15, 0.2) is 0 Å². The first-order valence-corrected chi connectivity index (χ1v) is 10.3. The highest BCUT2D eigenvalue weighted by molar-refractivity contribution is 5.81. The Hall–Kier alpha value is -3.08. The Balaban J connectivity index is 1.42. The lowest BCUT2D eigenvalue weighted by molar-refractivity contribution is -0.137. The van der Waals surface area contributed by atoms with Gasteiger partial charge in [0.1, 0.15) is 6.04 Å². The van der Waals surface area contributed by atoms with E-state index in [1.165, 1.54) is 0 Å². The van der Waals surface area contributed by atoms with Crippen molar-refractivity contribution in [2.75, 3.05) is 13.1 Å². The molecule has 5 heteroatoms. The van der Waals surface area contributed by atoms with Gasteiger partial charge in [-0.25, -0.2) is 0 Å². The van der Waals surface area contributed by atoms with Gasteiger partial charge >= 0.3 is 0 Å². The van der Waals surface area contributed by atoms with E-state index in [2.05, 4.69) is 12.1 Å². The van der Waals surface area contributed by atoms with Crippen LogP contribution in [0.1, 0.15) is 29.6 Å². The zero-order valence-corrected chi connectivity index (χ0v) is 16.4. The molecule has 0 saturated carbocycles. The minimum absolute atomic E-state index is 0.0753. The normalized spacial score (nSPS) is 21.4. The van der Waals surface area contributed by atoms with E-state index in [-0.39, 0.29) is 23.4 Å². The van der Waals surface area contributed by atoms with Crippen molar-refractivity contribution in [3.05, 3.63) is 94.7 Å². The van der Waals surface area contributed by atoms with Crippen LogP contribution in [0.5, 0.6) is 0 Å². The number of piperidine rings is 1. The fourth-order valence-electron chi connectivity index (χ4n) is 5.00. The van der Waals surface area contributed by atoms with E-state index in [1.807, 2.05) is 68.9 Å². The molecule has 3 unspecified atom stereocenters. The minimum Gasteiger partial charge on any atom is -0.342 e. The molecule has 1 aromatic carbocycles. The second kappa shape index (κ2) is 7.39. The molecule has 4 heterocycles. The van der Waals surface area contributed by atoms with Gasteiger partial charge in [-0.15, -0.1) is 0 Å². The molecule has 0 radical (unpaired) electrons. The van der Waals surface area contributed by atoms with Gasteiger partial charge in [-0.1, -0.05) is 36.4 Å². The third kappa shape index (κ3) is 3.41. The number of carbonyl (C=O) groups excluding carboxylic acids is 1. The zero-order valence-electron chi connectivity index (χ0n) is 16.4. The van der Waals surface area contributed by atoms with Crippen molar-refractivity contribution in [2.45, 2.75) is 31.3 Å². The molecular weight excluding hydrogens is 362 g/mol. The Labute approximate surface area is 170 Å². The van der Waals surface area contributed by atoms with Gasteiger partial charge in [0.25, 0.3) is 5.56 Å². The summed E-state index contributed by atoms with van der Waals surface area (Å²) >= 11 is 0. The van der Waals surface area contributed by atoms with Crippen LogP contribution in [0.4, 0.5) is 0 Å². The Morgan fingerprint density at radius 1 is 0.931 bits per heavy atom. The smallest absolute Gasteiger partial charge is 0.250 e. The first-order chi connectivity index (χ1) is 14.2. The van der Waals surface area contributed by atoms with Gasteiger partial charge in [-0.2, -0.15) is 0 Å². The summed E-state index contributed by atoms with van der Waals surface area (Å²) in [5, 5.41) is 0. The highest BCUT2D eigenvalue weighted by atomic mass is 16.2. The van der Waals surface area contributed by atoms with Gasteiger partial charge in [-0.3, -0.25) is 9.59 Å². The highest BCUT2D eigenvalue weighted by Crippen LogP contribution is 2.36. The lowest BCUT2D eigenvalue weighted by Crippen LogP contribution is -2.51. The summed E-state index contributed by atoms with van der Waals surface area (Å²) in [7, 11) is 0. The number of fused-ring (bicyclic) bond motifs is 4. The van der Waals surface area contributed by atoms with Crippen molar-refractivity contribution in [3.63, 3.8) is 0 Å². The largest absolute Gasteiger partial charge is 0.342 e. The van der Waals surface area contributed by atoms with Crippen LogP contribution in [-0.4, -0.2) is 33.0 Å². The number of pyridine rings is 1. The highest BCUT2D eigenvalue weighted by Gasteiger charge is 2.38. The molecule has 148 valence electrons. The fraction of sp³-hybridized carbons (Fsp3) is 0.333. The number of aromatic nitrogens is 2. The Kier molecular flexibility index (Phi) is 4.58. The molecule has 3 atom stereocenters. The van der Waals surface area contributed by atoms with Crippen LogP contribution in [0.15, 0.2) is 77.9 Å². The van der Waals surface area contributed by atoms with Crippen molar-refractivity contribution in [3.8, 4) is 0 Å². The van der Waals surface area contributed by atoms with Crippen LogP contribution >= 0.6 is 0 Å². The van der Waals surface area contributed by atoms with E-state index in [0.29, 0.717) is 25.4 Å². The SMILES string of the molecule is O=C(C(Cc1ccccc1)n1cccc1)N1CC2CC(C1)c1cccc(=O)n1C2. The number of rotatable bonds is 4. The molecule has 1 fully saturated rings. The van der Waals surface area contributed by atoms with Gasteiger partial charge in [-0.05, 0) is 36.1 Å². The van der Waals surface area contributed by atoms with E-state index in [9.17, 15) is 9.59 Å². The summed E-state index contributed by atoms with van der Waals surface area (Å²) in [6, 6.07) is 19.4. The molecule has 0 spiro atoms. The summed E-state index contributed by atoms with van der Waals surface area (Å²) in [6.07, 6.45) is 5.69. The molecular formula is C24H25N3O2. The summed E-state index contributed by atoms with van der Waals surface area (Å²) in [6.45, 7) is 2.12. The maximum Gasteiger partial charge on any atom is 0.250 e. The average Bonchev–Trinajstić information content (AvgIpc) is 3.27. The number of hydrogen-bond donors (Lipinski definition) is 0. The van der Waals surface area contributed by atoms with E-state index in [4.69, 9.17) is 0 Å². The quantitative estimate of drug-likeness (QED) is 0.691. The van der Waals surface area contributed by atoms with Gasteiger partial charge in [0, 0.05) is 56.1 Å². The maximum atomic E-state index is 13.6. The third-order valence-electron chi connectivity index (χ3n) is 6.34. The van der Waals surface area contributed by atoms with E-state index >= 15 is 0 Å². The Morgan fingerprint density at radius 2 is 1.72 bits per heavy atom. The number of carbonyl (C=O) groups is 1. The number of nitrogens with zero attached hydrogens (tertiary/aromatic N) is 3. The van der Waals surface area contributed by atoms with Gasteiger partial charge in [0.05, 0.1) is 0 Å². The molecule has 2 bridgehead atoms. The Bertz CT molecular complexity index is 1060. The van der Waals surface area contributed by atoms with Crippen LogP contribution in [0.3, 0.4) is 0 Å². The average molecular weight is 387 g/mol. The molecule has 0 aliphatic carbocycles.